The van der Waals surface area contributed by atoms with Crippen LogP contribution in [0, 0.1) is 11.3 Å². The standard InChI is InChI=1S/C18H33N3O3/c1-2-24-16-11-15(22)18(16)7-9-21(10-8-18)17(23)20-14(12-19)13-5-3-4-6-13/h13-16,22H,2-12,19H2,1H3,(H,20,23). The van der Waals surface area contributed by atoms with Gasteiger partial charge in [0.2, 0.25) is 0 Å². The molecule has 1 heterocycles. The highest BCUT2D eigenvalue weighted by atomic mass is 16.5. The number of nitrogens with zero attached hydrogens (tertiary/aromatic N) is 1. The molecule has 6 heteroatoms. The van der Waals surface area contributed by atoms with Gasteiger partial charge in [0.1, 0.15) is 0 Å². The summed E-state index contributed by atoms with van der Waals surface area (Å²) in [6.07, 6.45) is 7.09. The van der Waals surface area contributed by atoms with Gasteiger partial charge in [-0.1, -0.05) is 12.8 Å². The molecule has 0 bridgehead atoms. The molecule has 1 saturated heterocycles. The van der Waals surface area contributed by atoms with Crippen molar-refractivity contribution in [3.05, 3.63) is 0 Å². The summed E-state index contributed by atoms with van der Waals surface area (Å²) < 4.78 is 5.79. The van der Waals surface area contributed by atoms with Crippen LogP contribution in [0.5, 0.6) is 0 Å². The van der Waals surface area contributed by atoms with Gasteiger partial charge >= 0.3 is 6.03 Å². The Kier molecular flexibility index (Phi) is 5.67. The number of ether oxygens (including phenoxy) is 1. The summed E-state index contributed by atoms with van der Waals surface area (Å²) in [5.74, 6) is 0.533. The Morgan fingerprint density at radius 1 is 1.38 bits per heavy atom. The number of urea groups is 1. The number of hydrogen-bond donors (Lipinski definition) is 3. The fourth-order valence-electron chi connectivity index (χ4n) is 4.92. The summed E-state index contributed by atoms with van der Waals surface area (Å²) in [5.41, 5.74) is 5.76. The summed E-state index contributed by atoms with van der Waals surface area (Å²) in [4.78, 5) is 14.5. The van der Waals surface area contributed by atoms with Crippen molar-refractivity contribution in [3.8, 4) is 0 Å². The number of nitrogens with two attached hydrogens (primary N) is 1. The van der Waals surface area contributed by atoms with Gasteiger partial charge in [-0.15, -0.1) is 0 Å². The van der Waals surface area contributed by atoms with E-state index in [9.17, 15) is 9.90 Å². The molecular formula is C18H33N3O3. The number of nitrogens with one attached hydrogen (secondary N) is 1. The van der Waals surface area contributed by atoms with Crippen molar-refractivity contribution in [1.29, 1.82) is 0 Å². The second-order valence-corrected chi connectivity index (χ2v) is 7.75. The van der Waals surface area contributed by atoms with Crippen molar-refractivity contribution in [1.82, 2.24) is 10.2 Å². The van der Waals surface area contributed by atoms with E-state index in [1.807, 2.05) is 11.8 Å². The van der Waals surface area contributed by atoms with Crippen molar-refractivity contribution < 1.29 is 14.6 Å². The van der Waals surface area contributed by atoms with Crippen molar-refractivity contribution in [2.45, 2.75) is 70.1 Å². The number of piperidine rings is 1. The maximum atomic E-state index is 12.6. The predicted molar refractivity (Wildman–Crippen MR) is 92.6 cm³/mol. The molecule has 6 nitrogen and oxygen atoms in total. The number of amides is 2. The minimum absolute atomic E-state index is 0.00831. The lowest BCUT2D eigenvalue weighted by Crippen LogP contribution is -2.63. The van der Waals surface area contributed by atoms with Crippen LogP contribution < -0.4 is 11.1 Å². The van der Waals surface area contributed by atoms with Crippen molar-refractivity contribution in [2.75, 3.05) is 26.2 Å². The van der Waals surface area contributed by atoms with Crippen LogP contribution in [-0.2, 0) is 4.74 Å². The molecule has 3 aliphatic rings. The largest absolute Gasteiger partial charge is 0.392 e. The number of carbonyl (C=O) groups is 1. The zero-order valence-corrected chi connectivity index (χ0v) is 14.9. The highest BCUT2D eigenvalue weighted by Crippen LogP contribution is 2.50. The first-order valence-corrected chi connectivity index (χ1v) is 9.66. The lowest BCUT2D eigenvalue weighted by molar-refractivity contribution is -0.207. The van der Waals surface area contributed by atoms with Gasteiger partial charge in [0.15, 0.2) is 0 Å². The lowest BCUT2D eigenvalue weighted by Gasteiger charge is -2.56. The summed E-state index contributed by atoms with van der Waals surface area (Å²) in [5, 5.41) is 13.4. The van der Waals surface area contributed by atoms with Gasteiger partial charge in [-0.3, -0.25) is 0 Å². The van der Waals surface area contributed by atoms with E-state index in [0.29, 0.717) is 32.2 Å². The van der Waals surface area contributed by atoms with Crippen LogP contribution in [0.3, 0.4) is 0 Å². The van der Waals surface area contributed by atoms with Gasteiger partial charge in [0.25, 0.3) is 0 Å². The topological polar surface area (TPSA) is 87.8 Å². The van der Waals surface area contributed by atoms with Crippen LogP contribution in [0.25, 0.3) is 0 Å². The summed E-state index contributed by atoms with van der Waals surface area (Å²) in [7, 11) is 0. The van der Waals surface area contributed by atoms with E-state index in [1.54, 1.807) is 0 Å². The third-order valence-corrected chi connectivity index (χ3v) is 6.62. The molecule has 0 aromatic rings. The molecule has 24 heavy (non-hydrogen) atoms. The van der Waals surface area contributed by atoms with Gasteiger partial charge in [-0.05, 0) is 38.5 Å². The van der Waals surface area contributed by atoms with E-state index in [4.69, 9.17) is 10.5 Å². The van der Waals surface area contributed by atoms with Crippen LogP contribution in [0.2, 0.25) is 0 Å². The first-order chi connectivity index (χ1) is 11.6. The molecule has 2 saturated carbocycles. The molecule has 0 aromatic heterocycles. The monoisotopic (exact) mass is 339 g/mol. The van der Waals surface area contributed by atoms with Crippen molar-refractivity contribution in [2.24, 2.45) is 17.1 Å². The molecule has 4 N–H and O–H groups in total. The molecule has 0 aromatic carbocycles. The highest BCUT2D eigenvalue weighted by Gasteiger charge is 2.56. The molecular weight excluding hydrogens is 306 g/mol. The Balaban J connectivity index is 1.51. The van der Waals surface area contributed by atoms with E-state index in [1.165, 1.54) is 25.7 Å². The number of likely N-dealkylation sites (tertiary alicyclic amines) is 1. The van der Waals surface area contributed by atoms with Gasteiger partial charge in [-0.25, -0.2) is 4.79 Å². The molecule has 0 radical (unpaired) electrons. The van der Waals surface area contributed by atoms with E-state index in [2.05, 4.69) is 5.32 Å². The first-order valence-electron chi connectivity index (χ1n) is 9.66. The molecule has 2 amide bonds. The predicted octanol–water partition coefficient (Wildman–Crippen LogP) is 1.47. The second kappa shape index (κ2) is 7.58. The quantitative estimate of drug-likeness (QED) is 0.708. The Morgan fingerprint density at radius 2 is 2.04 bits per heavy atom. The minimum Gasteiger partial charge on any atom is -0.392 e. The number of rotatable bonds is 5. The van der Waals surface area contributed by atoms with Gasteiger partial charge < -0.3 is 25.8 Å². The van der Waals surface area contributed by atoms with E-state index in [-0.39, 0.29) is 29.7 Å². The van der Waals surface area contributed by atoms with E-state index >= 15 is 0 Å². The normalized spacial score (nSPS) is 31.0. The summed E-state index contributed by atoms with van der Waals surface area (Å²) >= 11 is 0. The van der Waals surface area contributed by atoms with Crippen LogP contribution in [0.4, 0.5) is 4.79 Å². The van der Waals surface area contributed by atoms with Crippen LogP contribution in [0.15, 0.2) is 0 Å². The van der Waals surface area contributed by atoms with E-state index < -0.39 is 0 Å². The summed E-state index contributed by atoms with van der Waals surface area (Å²) in [6.45, 7) is 4.57. The lowest BCUT2D eigenvalue weighted by atomic mass is 9.58. The summed E-state index contributed by atoms with van der Waals surface area (Å²) in [6, 6.07) is 0.107. The molecule has 2 aliphatic carbocycles. The third-order valence-electron chi connectivity index (χ3n) is 6.62. The van der Waals surface area contributed by atoms with Crippen molar-refractivity contribution in [3.63, 3.8) is 0 Å². The Morgan fingerprint density at radius 3 is 2.58 bits per heavy atom. The Bertz CT molecular complexity index is 429. The van der Waals surface area contributed by atoms with Crippen LogP contribution in [-0.4, -0.2) is 60.5 Å². The molecule has 138 valence electrons. The zero-order valence-electron chi connectivity index (χ0n) is 14.9. The highest BCUT2D eigenvalue weighted by molar-refractivity contribution is 5.74. The van der Waals surface area contributed by atoms with Gasteiger partial charge in [0.05, 0.1) is 12.2 Å². The fraction of sp³-hybridized carbons (Fsp3) is 0.944. The van der Waals surface area contributed by atoms with Gasteiger partial charge in [0, 0.05) is 44.1 Å². The van der Waals surface area contributed by atoms with Crippen LogP contribution >= 0.6 is 0 Å². The van der Waals surface area contributed by atoms with Gasteiger partial charge in [-0.2, -0.15) is 0 Å². The SMILES string of the molecule is CCOC1CC(O)C12CCN(C(=O)NC(CN)C1CCCC1)CC2. The molecule has 1 spiro atoms. The number of carbonyl (C=O) groups excluding carboxylic acids is 1. The molecule has 1 aliphatic heterocycles. The average Bonchev–Trinajstić information content (AvgIpc) is 3.14. The maximum absolute atomic E-state index is 12.6. The first kappa shape index (κ1) is 18.0. The second-order valence-electron chi connectivity index (χ2n) is 7.75. The molecule has 3 unspecified atom stereocenters. The third kappa shape index (κ3) is 3.28. The minimum atomic E-state index is -0.283. The number of aliphatic hydroxyl groups excluding tert-OH is 1. The average molecular weight is 339 g/mol. The Labute approximate surface area is 145 Å². The Hall–Kier alpha value is -0.850. The smallest absolute Gasteiger partial charge is 0.317 e. The molecule has 3 atom stereocenters. The number of aliphatic hydroxyl groups is 1. The maximum Gasteiger partial charge on any atom is 0.317 e. The van der Waals surface area contributed by atoms with Crippen LogP contribution in [0.1, 0.15) is 51.9 Å². The molecule has 3 fully saturated rings. The number of hydrogen-bond acceptors (Lipinski definition) is 4. The fourth-order valence-corrected chi connectivity index (χ4v) is 4.92. The van der Waals surface area contributed by atoms with E-state index in [0.717, 1.165) is 19.3 Å². The molecule has 3 rings (SSSR count). The van der Waals surface area contributed by atoms with Crippen molar-refractivity contribution >= 4 is 6.03 Å². The zero-order chi connectivity index (χ0) is 17.2.